The number of hydrogen-bond acceptors (Lipinski definition) is 2. The van der Waals surface area contributed by atoms with E-state index in [1.165, 1.54) is 36.1 Å². The second-order valence-corrected chi connectivity index (χ2v) is 7.01. The molecule has 1 saturated heterocycles. The number of nitrogens with one attached hydrogen (secondary N) is 1. The molecular formula is C19H32N2. The topological polar surface area (TPSA) is 15.3 Å². The van der Waals surface area contributed by atoms with E-state index in [-0.39, 0.29) is 0 Å². The SMILES string of the molecule is CCC(C)C1CN(Cc2cc(C)cc(C)c2)C(C)CCN1. The average molecular weight is 288 g/mol. The van der Waals surface area contributed by atoms with E-state index in [4.69, 9.17) is 0 Å². The van der Waals surface area contributed by atoms with Crippen LogP contribution in [0.1, 0.15) is 50.3 Å². The fourth-order valence-corrected chi connectivity index (χ4v) is 3.44. The van der Waals surface area contributed by atoms with E-state index in [0.29, 0.717) is 12.1 Å². The number of hydrogen-bond donors (Lipinski definition) is 1. The molecule has 0 saturated carbocycles. The molecule has 1 heterocycles. The quantitative estimate of drug-likeness (QED) is 0.904. The number of benzene rings is 1. The van der Waals surface area contributed by atoms with Crippen LogP contribution in [0.15, 0.2) is 18.2 Å². The van der Waals surface area contributed by atoms with E-state index in [9.17, 15) is 0 Å². The van der Waals surface area contributed by atoms with Crippen molar-refractivity contribution >= 4 is 0 Å². The van der Waals surface area contributed by atoms with Gasteiger partial charge in [0.15, 0.2) is 0 Å². The van der Waals surface area contributed by atoms with Crippen molar-refractivity contribution in [1.29, 1.82) is 0 Å². The molecule has 2 rings (SSSR count). The Balaban J connectivity index is 2.11. The van der Waals surface area contributed by atoms with E-state index < -0.39 is 0 Å². The standard InChI is InChI=1S/C19H32N2/c1-6-16(4)19-13-21(17(5)7-8-20-19)12-18-10-14(2)9-15(3)11-18/h9-11,16-17,19-20H,6-8,12-13H2,1-5H3. The Kier molecular flexibility index (Phi) is 5.83. The van der Waals surface area contributed by atoms with Gasteiger partial charge < -0.3 is 5.32 Å². The first-order valence-electron chi connectivity index (χ1n) is 8.54. The zero-order chi connectivity index (χ0) is 15.4. The van der Waals surface area contributed by atoms with Gasteiger partial charge in [-0.25, -0.2) is 0 Å². The van der Waals surface area contributed by atoms with Crippen molar-refractivity contribution in [3.63, 3.8) is 0 Å². The van der Waals surface area contributed by atoms with E-state index in [1.807, 2.05) is 0 Å². The summed E-state index contributed by atoms with van der Waals surface area (Å²) in [5.41, 5.74) is 4.22. The van der Waals surface area contributed by atoms with Gasteiger partial charge in [0, 0.05) is 25.2 Å². The lowest BCUT2D eigenvalue weighted by Gasteiger charge is -2.31. The second-order valence-electron chi connectivity index (χ2n) is 7.01. The van der Waals surface area contributed by atoms with Crippen LogP contribution in [0.5, 0.6) is 0 Å². The molecule has 2 nitrogen and oxygen atoms in total. The summed E-state index contributed by atoms with van der Waals surface area (Å²) in [7, 11) is 0. The zero-order valence-electron chi connectivity index (χ0n) is 14.4. The van der Waals surface area contributed by atoms with Crippen molar-refractivity contribution in [2.24, 2.45) is 5.92 Å². The molecule has 21 heavy (non-hydrogen) atoms. The molecular weight excluding hydrogens is 256 g/mol. The molecule has 3 atom stereocenters. The summed E-state index contributed by atoms with van der Waals surface area (Å²) in [5.74, 6) is 0.747. The van der Waals surface area contributed by atoms with E-state index in [1.54, 1.807) is 0 Å². The first-order valence-corrected chi connectivity index (χ1v) is 8.54. The van der Waals surface area contributed by atoms with Crippen LogP contribution in [0.25, 0.3) is 0 Å². The van der Waals surface area contributed by atoms with Crippen molar-refractivity contribution in [2.75, 3.05) is 13.1 Å². The Bertz CT molecular complexity index is 435. The molecule has 2 heteroatoms. The molecule has 118 valence electrons. The predicted molar refractivity (Wildman–Crippen MR) is 91.7 cm³/mol. The summed E-state index contributed by atoms with van der Waals surface area (Å²) in [6.07, 6.45) is 2.50. The maximum absolute atomic E-state index is 3.76. The van der Waals surface area contributed by atoms with Crippen LogP contribution in [0.2, 0.25) is 0 Å². The van der Waals surface area contributed by atoms with Crippen LogP contribution in [0.4, 0.5) is 0 Å². The summed E-state index contributed by atoms with van der Waals surface area (Å²) in [5, 5.41) is 3.76. The van der Waals surface area contributed by atoms with Crippen molar-refractivity contribution in [1.82, 2.24) is 10.2 Å². The molecule has 1 aromatic rings. The van der Waals surface area contributed by atoms with Gasteiger partial charge in [0.2, 0.25) is 0 Å². The highest BCUT2D eigenvalue weighted by Crippen LogP contribution is 2.19. The molecule has 3 unspecified atom stereocenters. The summed E-state index contributed by atoms with van der Waals surface area (Å²) >= 11 is 0. The lowest BCUT2D eigenvalue weighted by molar-refractivity contribution is 0.180. The predicted octanol–water partition coefficient (Wildman–Crippen LogP) is 3.90. The molecule has 0 radical (unpaired) electrons. The average Bonchev–Trinajstić information content (AvgIpc) is 2.59. The largest absolute Gasteiger partial charge is 0.312 e. The molecule has 0 bridgehead atoms. The van der Waals surface area contributed by atoms with E-state index >= 15 is 0 Å². The van der Waals surface area contributed by atoms with Gasteiger partial charge in [-0.1, -0.05) is 49.6 Å². The van der Waals surface area contributed by atoms with Crippen molar-refractivity contribution < 1.29 is 0 Å². The van der Waals surface area contributed by atoms with Crippen molar-refractivity contribution in [3.05, 3.63) is 34.9 Å². The Morgan fingerprint density at radius 1 is 1.24 bits per heavy atom. The smallest absolute Gasteiger partial charge is 0.0237 e. The van der Waals surface area contributed by atoms with Gasteiger partial charge in [-0.2, -0.15) is 0 Å². The van der Waals surface area contributed by atoms with Crippen LogP contribution in [-0.4, -0.2) is 30.1 Å². The number of aryl methyl sites for hydroxylation is 2. The van der Waals surface area contributed by atoms with Gasteiger partial charge in [-0.15, -0.1) is 0 Å². The first kappa shape index (κ1) is 16.5. The Morgan fingerprint density at radius 3 is 2.52 bits per heavy atom. The van der Waals surface area contributed by atoms with E-state index in [0.717, 1.165) is 19.0 Å². The van der Waals surface area contributed by atoms with Crippen LogP contribution < -0.4 is 5.32 Å². The lowest BCUT2D eigenvalue weighted by atomic mass is 9.98. The van der Waals surface area contributed by atoms with Gasteiger partial charge in [0.05, 0.1) is 0 Å². The molecule has 1 fully saturated rings. The van der Waals surface area contributed by atoms with Crippen LogP contribution in [0, 0.1) is 19.8 Å². The second kappa shape index (κ2) is 7.42. The van der Waals surface area contributed by atoms with Crippen LogP contribution >= 0.6 is 0 Å². The summed E-state index contributed by atoms with van der Waals surface area (Å²) in [6.45, 7) is 14.9. The fraction of sp³-hybridized carbons (Fsp3) is 0.684. The Labute approximate surface area is 130 Å². The third kappa shape index (κ3) is 4.55. The molecule has 1 aliphatic rings. The molecule has 0 spiro atoms. The molecule has 0 amide bonds. The highest BCUT2D eigenvalue weighted by Gasteiger charge is 2.25. The maximum Gasteiger partial charge on any atom is 0.0237 e. The third-order valence-electron chi connectivity index (χ3n) is 5.02. The van der Waals surface area contributed by atoms with Gasteiger partial charge in [-0.3, -0.25) is 4.90 Å². The Morgan fingerprint density at radius 2 is 1.90 bits per heavy atom. The first-order chi connectivity index (χ1) is 9.99. The molecule has 0 aromatic heterocycles. The fourth-order valence-electron chi connectivity index (χ4n) is 3.44. The minimum absolute atomic E-state index is 0.630. The summed E-state index contributed by atoms with van der Waals surface area (Å²) in [4.78, 5) is 2.67. The highest BCUT2D eigenvalue weighted by molar-refractivity contribution is 5.28. The van der Waals surface area contributed by atoms with Crippen molar-refractivity contribution in [2.45, 2.75) is 66.1 Å². The van der Waals surface area contributed by atoms with Crippen LogP contribution in [0.3, 0.4) is 0 Å². The molecule has 1 aliphatic heterocycles. The normalized spacial score (nSPS) is 25.6. The minimum atomic E-state index is 0.630. The van der Waals surface area contributed by atoms with Gasteiger partial charge in [-0.05, 0) is 45.2 Å². The van der Waals surface area contributed by atoms with Crippen molar-refractivity contribution in [3.8, 4) is 0 Å². The third-order valence-corrected chi connectivity index (χ3v) is 5.02. The zero-order valence-corrected chi connectivity index (χ0v) is 14.4. The number of nitrogens with zero attached hydrogens (tertiary/aromatic N) is 1. The molecule has 0 aliphatic carbocycles. The summed E-state index contributed by atoms with van der Waals surface area (Å²) < 4.78 is 0. The monoisotopic (exact) mass is 288 g/mol. The molecule has 1 N–H and O–H groups in total. The lowest BCUT2D eigenvalue weighted by Crippen LogP contribution is -2.43. The van der Waals surface area contributed by atoms with Gasteiger partial charge in [0.25, 0.3) is 0 Å². The maximum atomic E-state index is 3.76. The minimum Gasteiger partial charge on any atom is -0.312 e. The summed E-state index contributed by atoms with van der Waals surface area (Å²) in [6, 6.07) is 8.24. The van der Waals surface area contributed by atoms with E-state index in [2.05, 4.69) is 63.0 Å². The van der Waals surface area contributed by atoms with Crippen LogP contribution in [-0.2, 0) is 6.54 Å². The van der Waals surface area contributed by atoms with Gasteiger partial charge >= 0.3 is 0 Å². The molecule has 1 aromatic carbocycles. The highest BCUT2D eigenvalue weighted by atomic mass is 15.2. The van der Waals surface area contributed by atoms with Gasteiger partial charge in [0.1, 0.15) is 0 Å². The number of rotatable bonds is 4. The Hall–Kier alpha value is -0.860.